The van der Waals surface area contributed by atoms with Crippen LogP contribution in [0.1, 0.15) is 15.9 Å². The van der Waals surface area contributed by atoms with Crippen LogP contribution < -0.4 is 4.74 Å². The Morgan fingerprint density at radius 3 is 2.30 bits per heavy atom. The van der Waals surface area contributed by atoms with Gasteiger partial charge in [-0.1, -0.05) is 6.07 Å². The summed E-state index contributed by atoms with van der Waals surface area (Å²) in [5.41, 5.74) is 0.415. The number of nitro groups is 1. The third kappa shape index (κ3) is 3.90. The van der Waals surface area contributed by atoms with Crippen molar-refractivity contribution in [2.45, 2.75) is 11.8 Å². The Morgan fingerprint density at radius 1 is 1.17 bits per heavy atom. The fourth-order valence-corrected chi connectivity index (χ4v) is 2.38. The first-order valence-corrected chi connectivity index (χ1v) is 7.67. The van der Waals surface area contributed by atoms with Gasteiger partial charge in [-0.05, 0) is 36.8 Å². The monoisotopic (exact) mass is 337 g/mol. The fraction of sp³-hybridized carbons (Fsp3) is 0.0714. The van der Waals surface area contributed by atoms with Gasteiger partial charge in [-0.15, -0.1) is 0 Å². The number of ether oxygens (including phenoxy) is 1. The van der Waals surface area contributed by atoms with Gasteiger partial charge in [-0.3, -0.25) is 14.7 Å². The van der Waals surface area contributed by atoms with E-state index in [0.717, 1.165) is 18.2 Å². The molecule has 0 fully saturated rings. The van der Waals surface area contributed by atoms with E-state index >= 15 is 0 Å². The second-order valence-electron chi connectivity index (χ2n) is 4.62. The van der Waals surface area contributed by atoms with Gasteiger partial charge in [-0.2, -0.15) is 8.42 Å². The Balaban J connectivity index is 2.33. The molecule has 2 aromatic carbocycles. The zero-order valence-electron chi connectivity index (χ0n) is 11.8. The minimum Gasteiger partial charge on any atom is -0.421 e. The Bertz CT molecular complexity index is 872. The molecule has 0 saturated heterocycles. The molecule has 0 heterocycles. The van der Waals surface area contributed by atoms with Crippen LogP contribution in [0.25, 0.3) is 0 Å². The summed E-state index contributed by atoms with van der Waals surface area (Å²) in [4.78, 5) is 21.4. The lowest BCUT2D eigenvalue weighted by molar-refractivity contribution is -0.384. The molecule has 2 rings (SSSR count). The second kappa shape index (κ2) is 6.15. The van der Waals surface area contributed by atoms with Gasteiger partial charge in [0.1, 0.15) is 4.90 Å². The Labute approximate surface area is 131 Å². The summed E-state index contributed by atoms with van der Waals surface area (Å²) in [5, 5.41) is 10.6. The topological polar surface area (TPSA) is 124 Å². The molecule has 9 heteroatoms. The van der Waals surface area contributed by atoms with Crippen LogP contribution >= 0.6 is 0 Å². The van der Waals surface area contributed by atoms with Gasteiger partial charge in [-0.25, -0.2) is 4.79 Å². The summed E-state index contributed by atoms with van der Waals surface area (Å²) in [7, 11) is -4.56. The number of nitro benzene ring substituents is 1. The maximum absolute atomic E-state index is 12.0. The molecule has 0 unspecified atom stereocenters. The van der Waals surface area contributed by atoms with Crippen molar-refractivity contribution in [1.29, 1.82) is 0 Å². The van der Waals surface area contributed by atoms with Crippen LogP contribution in [-0.2, 0) is 10.1 Å². The van der Waals surface area contributed by atoms with E-state index in [1.54, 1.807) is 6.92 Å². The highest BCUT2D eigenvalue weighted by molar-refractivity contribution is 7.86. The predicted octanol–water partition coefficient (Wildman–Crippen LogP) is 2.37. The number of benzene rings is 2. The molecule has 23 heavy (non-hydrogen) atoms. The summed E-state index contributed by atoms with van der Waals surface area (Å²) in [5.74, 6) is -1.23. The lowest BCUT2D eigenvalue weighted by Crippen LogP contribution is -2.11. The van der Waals surface area contributed by atoms with Gasteiger partial charge in [0.15, 0.2) is 5.75 Å². The molecule has 1 N–H and O–H groups in total. The molecule has 8 nitrogen and oxygen atoms in total. The van der Waals surface area contributed by atoms with Crippen LogP contribution in [0.2, 0.25) is 0 Å². The molecule has 0 bridgehead atoms. The maximum Gasteiger partial charge on any atom is 0.343 e. The number of carbonyl (C=O) groups is 1. The normalized spacial score (nSPS) is 11.0. The van der Waals surface area contributed by atoms with E-state index in [4.69, 9.17) is 9.29 Å². The number of aryl methyl sites for hydroxylation is 1. The molecule has 0 aliphatic rings. The van der Waals surface area contributed by atoms with Gasteiger partial charge in [0.25, 0.3) is 15.8 Å². The third-order valence-corrected chi connectivity index (χ3v) is 3.79. The highest BCUT2D eigenvalue weighted by Crippen LogP contribution is 2.26. The lowest BCUT2D eigenvalue weighted by Gasteiger charge is -2.09. The number of esters is 1. The van der Waals surface area contributed by atoms with Crippen LogP contribution in [0.3, 0.4) is 0 Å². The van der Waals surface area contributed by atoms with Gasteiger partial charge >= 0.3 is 5.97 Å². The molecule has 0 aliphatic heterocycles. The van der Waals surface area contributed by atoms with E-state index in [-0.39, 0.29) is 17.0 Å². The second-order valence-corrected chi connectivity index (χ2v) is 6.01. The summed E-state index contributed by atoms with van der Waals surface area (Å²) >= 11 is 0. The van der Waals surface area contributed by atoms with E-state index < -0.39 is 25.9 Å². The summed E-state index contributed by atoms with van der Waals surface area (Å²) in [6.45, 7) is 1.65. The van der Waals surface area contributed by atoms with Crippen molar-refractivity contribution in [3.05, 3.63) is 63.7 Å². The molecular formula is C14H11NO7S. The third-order valence-electron chi connectivity index (χ3n) is 2.89. The van der Waals surface area contributed by atoms with Crippen molar-refractivity contribution < 1.29 is 27.4 Å². The van der Waals surface area contributed by atoms with E-state index in [9.17, 15) is 23.3 Å². The Kier molecular flexibility index (Phi) is 4.43. The number of hydrogen-bond donors (Lipinski definition) is 1. The smallest absolute Gasteiger partial charge is 0.343 e. The van der Waals surface area contributed by atoms with E-state index in [0.29, 0.717) is 5.56 Å². The van der Waals surface area contributed by atoms with Crippen LogP contribution in [0.5, 0.6) is 5.75 Å². The average molecular weight is 337 g/mol. The largest absolute Gasteiger partial charge is 0.421 e. The lowest BCUT2D eigenvalue weighted by atomic mass is 10.2. The van der Waals surface area contributed by atoms with Crippen molar-refractivity contribution in [2.75, 3.05) is 0 Å². The van der Waals surface area contributed by atoms with Gasteiger partial charge in [0.2, 0.25) is 0 Å². The molecule has 0 amide bonds. The summed E-state index contributed by atoms with van der Waals surface area (Å²) < 4.78 is 36.7. The van der Waals surface area contributed by atoms with Crippen LogP contribution in [0, 0.1) is 17.0 Å². The predicted molar refractivity (Wildman–Crippen MR) is 79.0 cm³/mol. The van der Waals surface area contributed by atoms with Gasteiger partial charge < -0.3 is 4.74 Å². The summed E-state index contributed by atoms with van der Waals surface area (Å²) in [6.07, 6.45) is 0. The molecule has 0 saturated carbocycles. The van der Waals surface area contributed by atoms with Gasteiger partial charge in [0.05, 0.1) is 10.5 Å². The molecular weight excluding hydrogens is 326 g/mol. The molecule has 0 spiro atoms. The first-order chi connectivity index (χ1) is 10.7. The Morgan fingerprint density at radius 2 is 1.78 bits per heavy atom. The quantitative estimate of drug-likeness (QED) is 0.298. The number of carbonyl (C=O) groups excluding carboxylic acids is 1. The highest BCUT2D eigenvalue weighted by Gasteiger charge is 2.20. The van der Waals surface area contributed by atoms with Crippen molar-refractivity contribution in [3.8, 4) is 5.75 Å². The standard InChI is InChI=1S/C14H11NO7S/c1-9-2-7-13(23(19,20)21)12(8-9)22-14(16)10-3-5-11(6-4-10)15(17)18/h2-8H,1H3,(H,19,20,21). The van der Waals surface area contributed by atoms with Crippen LogP contribution in [0.4, 0.5) is 5.69 Å². The number of non-ortho nitro benzene ring substituents is 1. The van der Waals surface area contributed by atoms with E-state index in [1.807, 2.05) is 0 Å². The minimum atomic E-state index is -4.56. The minimum absolute atomic E-state index is 0.00149. The molecule has 0 atom stereocenters. The van der Waals surface area contributed by atoms with Crippen molar-refractivity contribution in [2.24, 2.45) is 0 Å². The van der Waals surface area contributed by atoms with Crippen molar-refractivity contribution in [3.63, 3.8) is 0 Å². The van der Waals surface area contributed by atoms with E-state index in [1.165, 1.54) is 24.3 Å². The molecule has 0 aliphatic carbocycles. The molecule has 120 valence electrons. The first-order valence-electron chi connectivity index (χ1n) is 6.23. The van der Waals surface area contributed by atoms with Crippen molar-refractivity contribution in [1.82, 2.24) is 0 Å². The number of nitrogens with zero attached hydrogens (tertiary/aromatic N) is 1. The number of rotatable bonds is 4. The van der Waals surface area contributed by atoms with Gasteiger partial charge in [0, 0.05) is 12.1 Å². The molecule has 0 radical (unpaired) electrons. The van der Waals surface area contributed by atoms with Crippen molar-refractivity contribution >= 4 is 21.8 Å². The first kappa shape index (κ1) is 16.6. The SMILES string of the molecule is Cc1ccc(S(=O)(=O)O)c(OC(=O)c2ccc([N+](=O)[O-])cc2)c1. The highest BCUT2D eigenvalue weighted by atomic mass is 32.2. The maximum atomic E-state index is 12.0. The van der Waals surface area contributed by atoms with Crippen LogP contribution in [-0.4, -0.2) is 23.9 Å². The molecule has 2 aromatic rings. The van der Waals surface area contributed by atoms with Crippen LogP contribution in [0.15, 0.2) is 47.4 Å². The van der Waals surface area contributed by atoms with E-state index in [2.05, 4.69) is 0 Å². The number of hydrogen-bond acceptors (Lipinski definition) is 6. The molecule has 0 aromatic heterocycles. The average Bonchev–Trinajstić information content (AvgIpc) is 2.46. The zero-order chi connectivity index (χ0) is 17.2. The Hall–Kier alpha value is -2.78. The zero-order valence-corrected chi connectivity index (χ0v) is 12.6. The fourth-order valence-electron chi connectivity index (χ4n) is 1.79. The summed E-state index contributed by atoms with van der Waals surface area (Å²) in [6, 6.07) is 8.45.